The monoisotopic (exact) mass is 496 g/mol. The van der Waals surface area contributed by atoms with E-state index < -0.39 is 6.03 Å². The molecule has 0 aliphatic carbocycles. The van der Waals surface area contributed by atoms with Crippen molar-refractivity contribution < 1.29 is 9.90 Å². The zero-order valence-electron chi connectivity index (χ0n) is 20.5. The molecule has 1 aromatic heterocycles. The van der Waals surface area contributed by atoms with Gasteiger partial charge < -0.3 is 21.1 Å². The molecule has 0 fully saturated rings. The van der Waals surface area contributed by atoms with E-state index in [9.17, 15) is 4.79 Å². The lowest BCUT2D eigenvalue weighted by Gasteiger charge is -2.12. The topological polar surface area (TPSA) is 86.3 Å². The first kappa shape index (κ1) is 32.6. The number of urea groups is 1. The molecule has 184 valence electrons. The molecule has 2 rings (SSSR count). The Morgan fingerprint density at radius 1 is 1.15 bits per heavy atom. The Balaban J connectivity index is 0. The van der Waals surface area contributed by atoms with E-state index in [1.54, 1.807) is 18.3 Å². The molecule has 6 nitrogen and oxygen atoms in total. The van der Waals surface area contributed by atoms with Crippen molar-refractivity contribution in [3.05, 3.63) is 77.1 Å². The molecule has 0 radical (unpaired) electrons. The smallest absolute Gasteiger partial charge is 0.318 e. The van der Waals surface area contributed by atoms with Crippen LogP contribution in [0.1, 0.15) is 47.1 Å². The van der Waals surface area contributed by atoms with Crippen molar-refractivity contribution in [2.24, 2.45) is 0 Å². The van der Waals surface area contributed by atoms with E-state index in [2.05, 4.69) is 27.5 Å². The van der Waals surface area contributed by atoms with Crippen LogP contribution < -0.4 is 16.0 Å². The predicted molar refractivity (Wildman–Crippen MR) is 144 cm³/mol. The van der Waals surface area contributed by atoms with E-state index >= 15 is 0 Å². The van der Waals surface area contributed by atoms with Gasteiger partial charge in [-0.15, -0.1) is 0 Å². The Morgan fingerprint density at radius 3 is 2.21 bits per heavy atom. The SMILES string of the molecule is C=C/C(=C\NC(=O)NCCO)c1cc(NC(C)C)ncc1Cl.CC.CC.Clc1ccccc1. The zero-order chi connectivity index (χ0) is 25.6. The zero-order valence-corrected chi connectivity index (χ0v) is 22.0. The summed E-state index contributed by atoms with van der Waals surface area (Å²) < 4.78 is 0. The van der Waals surface area contributed by atoms with Crippen molar-refractivity contribution in [2.75, 3.05) is 18.5 Å². The molecule has 1 heterocycles. The molecular weight excluding hydrogens is 459 g/mol. The van der Waals surface area contributed by atoms with Crippen LogP contribution >= 0.6 is 23.2 Å². The second-order valence-corrected chi connectivity index (χ2v) is 6.92. The highest BCUT2D eigenvalue weighted by atomic mass is 35.5. The predicted octanol–water partition coefficient (Wildman–Crippen LogP) is 6.77. The van der Waals surface area contributed by atoms with Gasteiger partial charge in [-0.3, -0.25) is 0 Å². The van der Waals surface area contributed by atoms with Gasteiger partial charge in [0.1, 0.15) is 5.82 Å². The summed E-state index contributed by atoms with van der Waals surface area (Å²) in [5, 5.41) is 18.1. The quantitative estimate of drug-likeness (QED) is 0.318. The van der Waals surface area contributed by atoms with Crippen LogP contribution in [0.25, 0.3) is 5.57 Å². The third kappa shape index (κ3) is 15.8. The number of aliphatic hydroxyl groups excluding tert-OH is 1. The molecule has 0 atom stereocenters. The maximum absolute atomic E-state index is 11.5. The van der Waals surface area contributed by atoms with Crippen molar-refractivity contribution in [3.8, 4) is 0 Å². The van der Waals surface area contributed by atoms with E-state index in [-0.39, 0.29) is 19.2 Å². The summed E-state index contributed by atoms with van der Waals surface area (Å²) in [6, 6.07) is 11.1. The molecule has 0 aliphatic rings. The van der Waals surface area contributed by atoms with E-state index in [0.717, 1.165) is 5.02 Å². The lowest BCUT2D eigenvalue weighted by molar-refractivity contribution is 0.237. The summed E-state index contributed by atoms with van der Waals surface area (Å²) >= 11 is 11.7. The summed E-state index contributed by atoms with van der Waals surface area (Å²) in [5.74, 6) is 0.687. The van der Waals surface area contributed by atoms with Crippen LogP contribution in [0, 0.1) is 0 Å². The standard InChI is InChI=1S/C15H21ClN4O2.C6H5Cl.2C2H6/c1-4-11(8-19-15(22)17-5-6-21)12-7-14(20-10(2)3)18-9-13(12)16;7-6-4-2-1-3-5-6;2*1-2/h4,7-10,21H,1,5-6H2,2-3H3,(H,18,20)(H2,17,19,22);1-5H;2*1-2H3/b11-8+;;;. The second-order valence-electron chi connectivity index (χ2n) is 6.07. The molecule has 2 amide bonds. The summed E-state index contributed by atoms with van der Waals surface area (Å²) in [7, 11) is 0. The maximum Gasteiger partial charge on any atom is 0.318 e. The number of rotatable bonds is 7. The number of nitrogens with zero attached hydrogens (tertiary/aromatic N) is 1. The van der Waals surface area contributed by atoms with Crippen molar-refractivity contribution >= 4 is 40.6 Å². The average molecular weight is 498 g/mol. The molecular formula is C25H38Cl2N4O2. The Bertz CT molecular complexity index is 813. The van der Waals surface area contributed by atoms with E-state index in [0.29, 0.717) is 22.0 Å². The van der Waals surface area contributed by atoms with E-state index in [4.69, 9.17) is 28.3 Å². The first-order valence-electron chi connectivity index (χ1n) is 11.0. The Hall–Kier alpha value is -2.54. The fraction of sp³-hybridized carbons (Fsp3) is 0.360. The van der Waals surface area contributed by atoms with Crippen LogP contribution in [0.4, 0.5) is 10.6 Å². The normalized spacial score (nSPS) is 9.70. The van der Waals surface area contributed by atoms with Crippen LogP contribution in [0.3, 0.4) is 0 Å². The summed E-state index contributed by atoms with van der Waals surface area (Å²) in [6.45, 7) is 15.8. The van der Waals surface area contributed by atoms with Gasteiger partial charge in [-0.2, -0.15) is 0 Å². The van der Waals surface area contributed by atoms with E-state index in [1.165, 1.54) is 6.20 Å². The second kappa shape index (κ2) is 21.3. The maximum atomic E-state index is 11.5. The lowest BCUT2D eigenvalue weighted by Crippen LogP contribution is -2.34. The number of aromatic nitrogens is 1. The molecule has 0 spiro atoms. The minimum Gasteiger partial charge on any atom is -0.395 e. The first-order valence-corrected chi connectivity index (χ1v) is 11.7. The Kier molecular flexibility index (Phi) is 21.1. The number of benzene rings is 1. The number of anilines is 1. The van der Waals surface area contributed by atoms with Gasteiger partial charge in [-0.05, 0) is 37.6 Å². The summed E-state index contributed by atoms with van der Waals surface area (Å²) in [6.07, 6.45) is 4.64. The van der Waals surface area contributed by atoms with Gasteiger partial charge in [0, 0.05) is 35.6 Å². The molecule has 0 unspecified atom stereocenters. The number of amides is 2. The number of carbonyl (C=O) groups excluding carboxylic acids is 1. The van der Waals surface area contributed by atoms with Crippen LogP contribution in [0.2, 0.25) is 10.0 Å². The average Bonchev–Trinajstić information content (AvgIpc) is 2.83. The molecule has 0 bridgehead atoms. The highest BCUT2D eigenvalue weighted by molar-refractivity contribution is 6.32. The Morgan fingerprint density at radius 2 is 1.76 bits per heavy atom. The third-order valence-corrected chi connectivity index (χ3v) is 3.87. The number of allylic oxidation sites excluding steroid dienone is 2. The number of aliphatic hydroxyl groups is 1. The molecule has 33 heavy (non-hydrogen) atoms. The molecule has 0 saturated heterocycles. The molecule has 4 N–H and O–H groups in total. The van der Waals surface area contributed by atoms with Crippen LogP contribution in [-0.2, 0) is 0 Å². The van der Waals surface area contributed by atoms with Gasteiger partial charge in [-0.25, -0.2) is 9.78 Å². The highest BCUT2D eigenvalue weighted by Gasteiger charge is 2.08. The van der Waals surface area contributed by atoms with Gasteiger partial charge in [0.25, 0.3) is 0 Å². The number of hydrogen-bond donors (Lipinski definition) is 4. The number of nitrogens with one attached hydrogen (secondary N) is 3. The third-order valence-electron chi connectivity index (χ3n) is 3.31. The van der Waals surface area contributed by atoms with Crippen molar-refractivity contribution in [3.63, 3.8) is 0 Å². The van der Waals surface area contributed by atoms with Gasteiger partial charge in [0.05, 0.1) is 11.6 Å². The summed E-state index contributed by atoms with van der Waals surface area (Å²) in [4.78, 5) is 15.7. The van der Waals surface area contributed by atoms with E-state index in [1.807, 2.05) is 71.9 Å². The molecule has 2 aromatic rings. The number of pyridine rings is 1. The van der Waals surface area contributed by atoms with Gasteiger partial charge >= 0.3 is 6.03 Å². The largest absolute Gasteiger partial charge is 0.395 e. The van der Waals surface area contributed by atoms with Gasteiger partial charge in [-0.1, -0.05) is 81.8 Å². The fourth-order valence-corrected chi connectivity index (χ4v) is 2.42. The molecule has 0 aliphatic heterocycles. The van der Waals surface area contributed by atoms with Crippen molar-refractivity contribution in [2.45, 2.75) is 47.6 Å². The highest BCUT2D eigenvalue weighted by Crippen LogP contribution is 2.26. The van der Waals surface area contributed by atoms with Crippen LogP contribution in [0.15, 0.2) is 61.4 Å². The van der Waals surface area contributed by atoms with Crippen LogP contribution in [-0.4, -0.2) is 35.3 Å². The van der Waals surface area contributed by atoms with Crippen LogP contribution in [0.5, 0.6) is 0 Å². The summed E-state index contributed by atoms with van der Waals surface area (Å²) in [5.41, 5.74) is 1.36. The Labute approximate surface area is 209 Å². The molecule has 1 aromatic carbocycles. The number of hydrogen-bond acceptors (Lipinski definition) is 4. The fourth-order valence-electron chi connectivity index (χ4n) is 2.06. The minimum absolute atomic E-state index is 0.119. The van der Waals surface area contributed by atoms with Crippen molar-refractivity contribution in [1.29, 1.82) is 0 Å². The van der Waals surface area contributed by atoms with Gasteiger partial charge in [0.15, 0.2) is 0 Å². The minimum atomic E-state index is -0.417. The van der Waals surface area contributed by atoms with Crippen molar-refractivity contribution in [1.82, 2.24) is 15.6 Å². The first-order chi connectivity index (χ1) is 15.9. The van der Waals surface area contributed by atoms with Gasteiger partial charge in [0.2, 0.25) is 0 Å². The number of halogens is 2. The molecule has 0 saturated carbocycles. The molecule has 8 heteroatoms. The number of carbonyl (C=O) groups is 1. The lowest BCUT2D eigenvalue weighted by atomic mass is 10.1.